The standard InChI is InChI=1S/C17H20BrN3O2/c1-11-19-15(10-23-11)17(22)21-9-14(20(2)3)6-4-12-8-13(18)5-7-16(12)21/h5,7-8,10,14H,4,6,9H2,1-3H3/t14-/m0/s1. The molecule has 0 spiro atoms. The highest BCUT2D eigenvalue weighted by molar-refractivity contribution is 9.10. The van der Waals surface area contributed by atoms with E-state index >= 15 is 0 Å². The van der Waals surface area contributed by atoms with Crippen LogP contribution in [-0.4, -0.2) is 42.5 Å². The summed E-state index contributed by atoms with van der Waals surface area (Å²) in [5.74, 6) is 0.391. The van der Waals surface area contributed by atoms with E-state index in [9.17, 15) is 4.79 Å². The number of hydrogen-bond acceptors (Lipinski definition) is 4. The van der Waals surface area contributed by atoms with Crippen LogP contribution in [0, 0.1) is 6.92 Å². The van der Waals surface area contributed by atoms with E-state index < -0.39 is 0 Å². The fraction of sp³-hybridized carbons (Fsp3) is 0.412. The predicted octanol–water partition coefficient (Wildman–Crippen LogP) is 3.27. The molecule has 6 heteroatoms. The van der Waals surface area contributed by atoms with Gasteiger partial charge < -0.3 is 14.2 Å². The minimum absolute atomic E-state index is 0.112. The SMILES string of the molecule is Cc1nc(C(=O)N2C[C@@H](N(C)C)CCc3cc(Br)ccc32)co1. The first-order valence-corrected chi connectivity index (χ1v) is 8.44. The minimum Gasteiger partial charge on any atom is -0.448 e. The number of aromatic nitrogens is 1. The summed E-state index contributed by atoms with van der Waals surface area (Å²) in [4.78, 5) is 21.2. The van der Waals surface area contributed by atoms with Crippen molar-refractivity contribution in [3.63, 3.8) is 0 Å². The van der Waals surface area contributed by atoms with Crippen LogP contribution < -0.4 is 4.90 Å². The first-order chi connectivity index (χ1) is 11.0. The number of rotatable bonds is 2. The zero-order valence-corrected chi connectivity index (χ0v) is 15.1. The Kier molecular flexibility index (Phi) is 4.55. The summed E-state index contributed by atoms with van der Waals surface area (Å²) < 4.78 is 6.24. The number of halogens is 1. The molecule has 0 unspecified atom stereocenters. The van der Waals surface area contributed by atoms with Crippen molar-refractivity contribution < 1.29 is 9.21 Å². The maximum atomic E-state index is 13.0. The number of likely N-dealkylation sites (N-methyl/N-ethyl adjacent to an activating group) is 1. The van der Waals surface area contributed by atoms with Gasteiger partial charge in [-0.25, -0.2) is 4.98 Å². The third kappa shape index (κ3) is 3.33. The normalized spacial score (nSPS) is 18.0. The number of nitrogens with zero attached hydrogens (tertiary/aromatic N) is 3. The highest BCUT2D eigenvalue weighted by Gasteiger charge is 2.29. The maximum absolute atomic E-state index is 13.0. The Hall–Kier alpha value is -1.66. The average molecular weight is 378 g/mol. The lowest BCUT2D eigenvalue weighted by Crippen LogP contribution is -2.42. The molecule has 1 aromatic heterocycles. The van der Waals surface area contributed by atoms with E-state index in [0.29, 0.717) is 24.2 Å². The molecule has 122 valence electrons. The summed E-state index contributed by atoms with van der Waals surface area (Å²) in [6.07, 6.45) is 3.39. The van der Waals surface area contributed by atoms with Crippen LogP contribution in [0.25, 0.3) is 0 Å². The Morgan fingerprint density at radius 1 is 1.43 bits per heavy atom. The van der Waals surface area contributed by atoms with Gasteiger partial charge in [0.2, 0.25) is 0 Å². The summed E-state index contributed by atoms with van der Waals surface area (Å²) in [6, 6.07) is 6.38. The molecular formula is C17H20BrN3O2. The van der Waals surface area contributed by atoms with Crippen LogP contribution in [0.15, 0.2) is 33.4 Å². The van der Waals surface area contributed by atoms with Crippen molar-refractivity contribution in [1.82, 2.24) is 9.88 Å². The van der Waals surface area contributed by atoms with Gasteiger partial charge in [0.15, 0.2) is 11.6 Å². The fourth-order valence-corrected chi connectivity index (χ4v) is 3.36. The predicted molar refractivity (Wildman–Crippen MR) is 92.9 cm³/mol. The van der Waals surface area contributed by atoms with E-state index in [1.165, 1.54) is 11.8 Å². The Morgan fingerprint density at radius 3 is 2.87 bits per heavy atom. The lowest BCUT2D eigenvalue weighted by atomic mass is 10.1. The monoisotopic (exact) mass is 377 g/mol. The van der Waals surface area contributed by atoms with Gasteiger partial charge in [0.05, 0.1) is 0 Å². The molecule has 1 aliphatic rings. The van der Waals surface area contributed by atoms with E-state index in [4.69, 9.17) is 4.42 Å². The van der Waals surface area contributed by atoms with Crippen LogP contribution in [0.1, 0.15) is 28.4 Å². The van der Waals surface area contributed by atoms with Crippen LogP contribution in [0.5, 0.6) is 0 Å². The molecule has 1 aromatic carbocycles. The van der Waals surface area contributed by atoms with Gasteiger partial charge in [-0.3, -0.25) is 4.79 Å². The summed E-state index contributed by atoms with van der Waals surface area (Å²) in [5.41, 5.74) is 2.50. The van der Waals surface area contributed by atoms with Crippen LogP contribution in [-0.2, 0) is 6.42 Å². The summed E-state index contributed by atoms with van der Waals surface area (Å²) in [6.45, 7) is 2.39. The number of fused-ring (bicyclic) bond motifs is 1. The molecule has 0 fully saturated rings. The van der Waals surface area contributed by atoms with E-state index in [1.807, 2.05) is 17.0 Å². The third-order valence-electron chi connectivity index (χ3n) is 4.29. The number of benzene rings is 1. The molecular weight excluding hydrogens is 358 g/mol. The number of carbonyl (C=O) groups is 1. The Morgan fingerprint density at radius 2 is 2.22 bits per heavy atom. The van der Waals surface area contributed by atoms with Crippen molar-refractivity contribution in [2.45, 2.75) is 25.8 Å². The van der Waals surface area contributed by atoms with Crippen LogP contribution in [0.2, 0.25) is 0 Å². The van der Waals surface area contributed by atoms with Crippen molar-refractivity contribution in [3.05, 3.63) is 46.1 Å². The molecule has 0 aliphatic carbocycles. The number of carbonyl (C=O) groups excluding carboxylic acids is 1. The number of amides is 1. The van der Waals surface area contributed by atoms with Crippen LogP contribution in [0.4, 0.5) is 5.69 Å². The first-order valence-electron chi connectivity index (χ1n) is 7.64. The number of oxazole rings is 1. The summed E-state index contributed by atoms with van der Waals surface area (Å²) >= 11 is 3.52. The third-order valence-corrected chi connectivity index (χ3v) is 4.78. The highest BCUT2D eigenvalue weighted by Crippen LogP contribution is 2.31. The second kappa shape index (κ2) is 6.45. The van der Waals surface area contributed by atoms with Gasteiger partial charge in [-0.05, 0) is 50.7 Å². The van der Waals surface area contributed by atoms with E-state index in [1.54, 1.807) is 6.92 Å². The quantitative estimate of drug-likeness (QED) is 0.805. The maximum Gasteiger partial charge on any atom is 0.280 e. The van der Waals surface area contributed by atoms with E-state index in [2.05, 4.69) is 46.0 Å². The van der Waals surface area contributed by atoms with Crippen molar-refractivity contribution in [2.75, 3.05) is 25.5 Å². The van der Waals surface area contributed by atoms with Gasteiger partial charge in [-0.2, -0.15) is 0 Å². The second-order valence-electron chi connectivity index (χ2n) is 6.10. The molecule has 5 nitrogen and oxygen atoms in total. The Bertz CT molecular complexity index is 726. The molecule has 0 saturated carbocycles. The fourth-order valence-electron chi connectivity index (χ4n) is 2.95. The molecule has 0 radical (unpaired) electrons. The number of hydrogen-bond donors (Lipinski definition) is 0. The van der Waals surface area contributed by atoms with Gasteiger partial charge in [-0.1, -0.05) is 15.9 Å². The van der Waals surface area contributed by atoms with Gasteiger partial charge >= 0.3 is 0 Å². The molecule has 1 aliphatic heterocycles. The van der Waals surface area contributed by atoms with Crippen molar-refractivity contribution in [1.29, 1.82) is 0 Å². The molecule has 0 bridgehead atoms. The van der Waals surface area contributed by atoms with E-state index in [-0.39, 0.29) is 5.91 Å². The van der Waals surface area contributed by atoms with E-state index in [0.717, 1.165) is 23.0 Å². The van der Waals surface area contributed by atoms with Crippen molar-refractivity contribution >= 4 is 27.5 Å². The van der Waals surface area contributed by atoms with Gasteiger partial charge in [0.25, 0.3) is 5.91 Å². The smallest absolute Gasteiger partial charge is 0.280 e. The molecule has 1 atom stereocenters. The second-order valence-corrected chi connectivity index (χ2v) is 7.01. The molecule has 0 N–H and O–H groups in total. The number of anilines is 1. The van der Waals surface area contributed by atoms with Crippen LogP contribution in [0.3, 0.4) is 0 Å². The lowest BCUT2D eigenvalue weighted by Gasteiger charge is -2.28. The zero-order valence-electron chi connectivity index (χ0n) is 13.5. The van der Waals surface area contributed by atoms with Crippen molar-refractivity contribution in [2.24, 2.45) is 0 Å². The Labute approximate surface area is 144 Å². The molecule has 2 aromatic rings. The summed E-state index contributed by atoms with van der Waals surface area (Å²) in [7, 11) is 4.11. The minimum atomic E-state index is -0.112. The van der Waals surface area contributed by atoms with Crippen LogP contribution >= 0.6 is 15.9 Å². The Balaban J connectivity index is 2.02. The topological polar surface area (TPSA) is 49.6 Å². The zero-order chi connectivity index (χ0) is 16.6. The number of aryl methyl sites for hydroxylation is 2. The molecule has 1 amide bonds. The highest BCUT2D eigenvalue weighted by atomic mass is 79.9. The lowest BCUT2D eigenvalue weighted by molar-refractivity contribution is 0.0975. The molecule has 0 saturated heterocycles. The van der Waals surface area contributed by atoms with Gasteiger partial charge in [-0.15, -0.1) is 0 Å². The molecule has 3 rings (SSSR count). The molecule has 2 heterocycles. The van der Waals surface area contributed by atoms with Crippen molar-refractivity contribution in [3.8, 4) is 0 Å². The first kappa shape index (κ1) is 16.2. The van der Waals surface area contributed by atoms with Gasteiger partial charge in [0.1, 0.15) is 6.26 Å². The van der Waals surface area contributed by atoms with Gasteiger partial charge in [0, 0.05) is 29.7 Å². The molecule has 23 heavy (non-hydrogen) atoms. The average Bonchev–Trinajstić information content (AvgIpc) is 2.84. The summed E-state index contributed by atoms with van der Waals surface area (Å²) in [5, 5.41) is 0. The largest absolute Gasteiger partial charge is 0.448 e.